The summed E-state index contributed by atoms with van der Waals surface area (Å²) in [6.07, 6.45) is 0.742. The second-order valence-corrected chi connectivity index (χ2v) is 4.62. The SMILES string of the molecule is CCCn1c(-c2ccc(OC)cc2)ccc(C(=O)O)c1=O. The summed E-state index contributed by atoms with van der Waals surface area (Å²) in [7, 11) is 1.59. The molecule has 5 heteroatoms. The average Bonchev–Trinajstić information content (AvgIpc) is 2.49. The maximum Gasteiger partial charge on any atom is 0.341 e. The molecule has 0 amide bonds. The Balaban J connectivity index is 2.59. The summed E-state index contributed by atoms with van der Waals surface area (Å²) in [5.74, 6) is -0.476. The highest BCUT2D eigenvalue weighted by Gasteiger charge is 2.14. The van der Waals surface area contributed by atoms with Crippen LogP contribution in [0.1, 0.15) is 23.7 Å². The van der Waals surface area contributed by atoms with Crippen molar-refractivity contribution in [2.24, 2.45) is 0 Å². The van der Waals surface area contributed by atoms with Crippen molar-refractivity contribution in [1.82, 2.24) is 4.57 Å². The first-order valence-corrected chi connectivity index (χ1v) is 6.70. The van der Waals surface area contributed by atoms with Gasteiger partial charge >= 0.3 is 5.97 Å². The minimum Gasteiger partial charge on any atom is -0.497 e. The van der Waals surface area contributed by atoms with E-state index in [4.69, 9.17) is 9.84 Å². The zero-order chi connectivity index (χ0) is 15.4. The number of rotatable bonds is 5. The molecule has 0 atom stereocenters. The molecule has 0 aliphatic carbocycles. The molecule has 0 bridgehead atoms. The zero-order valence-electron chi connectivity index (χ0n) is 12.0. The molecule has 0 radical (unpaired) electrons. The molecule has 1 heterocycles. The molecular formula is C16H17NO4. The van der Waals surface area contributed by atoms with E-state index in [0.29, 0.717) is 12.2 Å². The van der Waals surface area contributed by atoms with Crippen LogP contribution < -0.4 is 10.3 Å². The number of nitrogens with zero attached hydrogens (tertiary/aromatic N) is 1. The zero-order valence-corrected chi connectivity index (χ0v) is 12.0. The molecule has 0 saturated heterocycles. The Kier molecular flexibility index (Phi) is 4.42. The third-order valence-electron chi connectivity index (χ3n) is 3.24. The Morgan fingerprint density at radius 1 is 1.19 bits per heavy atom. The number of carboxylic acids is 1. The summed E-state index contributed by atoms with van der Waals surface area (Å²) >= 11 is 0. The number of ether oxygens (including phenoxy) is 1. The first-order chi connectivity index (χ1) is 10.1. The van der Waals surface area contributed by atoms with Crippen molar-refractivity contribution in [3.8, 4) is 17.0 Å². The van der Waals surface area contributed by atoms with Crippen LogP contribution in [0.2, 0.25) is 0 Å². The molecule has 0 aliphatic heterocycles. The van der Waals surface area contributed by atoms with Gasteiger partial charge in [-0.3, -0.25) is 4.79 Å². The lowest BCUT2D eigenvalue weighted by Gasteiger charge is -2.13. The summed E-state index contributed by atoms with van der Waals surface area (Å²) in [6.45, 7) is 2.42. The van der Waals surface area contributed by atoms with E-state index >= 15 is 0 Å². The van der Waals surface area contributed by atoms with Crippen molar-refractivity contribution in [2.75, 3.05) is 7.11 Å². The van der Waals surface area contributed by atoms with E-state index in [0.717, 1.165) is 17.7 Å². The number of benzene rings is 1. The molecule has 2 rings (SSSR count). The van der Waals surface area contributed by atoms with Crippen LogP contribution in [0.3, 0.4) is 0 Å². The number of methoxy groups -OCH3 is 1. The van der Waals surface area contributed by atoms with Crippen LogP contribution in [0.5, 0.6) is 5.75 Å². The number of hydrogen-bond donors (Lipinski definition) is 1. The average molecular weight is 287 g/mol. The normalized spacial score (nSPS) is 10.4. The number of aromatic nitrogens is 1. The van der Waals surface area contributed by atoms with Gasteiger partial charge in [0.2, 0.25) is 0 Å². The molecule has 1 N–H and O–H groups in total. The van der Waals surface area contributed by atoms with E-state index in [-0.39, 0.29) is 5.56 Å². The van der Waals surface area contributed by atoms with Crippen LogP contribution >= 0.6 is 0 Å². The van der Waals surface area contributed by atoms with Gasteiger partial charge in [-0.05, 0) is 48.4 Å². The number of carboxylic acid groups (broad SMARTS) is 1. The van der Waals surface area contributed by atoms with E-state index < -0.39 is 11.5 Å². The molecule has 5 nitrogen and oxygen atoms in total. The standard InChI is InChI=1S/C16H17NO4/c1-3-10-17-14(9-8-13(15(17)18)16(19)20)11-4-6-12(21-2)7-5-11/h4-9H,3,10H2,1-2H3,(H,19,20). The van der Waals surface area contributed by atoms with Gasteiger partial charge in [-0.25, -0.2) is 4.79 Å². The van der Waals surface area contributed by atoms with Crippen molar-refractivity contribution in [3.63, 3.8) is 0 Å². The molecular weight excluding hydrogens is 270 g/mol. The molecule has 0 spiro atoms. The van der Waals surface area contributed by atoms with Crippen LogP contribution in [0.4, 0.5) is 0 Å². The third-order valence-corrected chi connectivity index (χ3v) is 3.24. The van der Waals surface area contributed by atoms with Gasteiger partial charge in [0.15, 0.2) is 0 Å². The lowest BCUT2D eigenvalue weighted by Crippen LogP contribution is -2.27. The molecule has 1 aromatic heterocycles. The molecule has 0 fully saturated rings. The molecule has 21 heavy (non-hydrogen) atoms. The quantitative estimate of drug-likeness (QED) is 0.918. The molecule has 2 aromatic rings. The van der Waals surface area contributed by atoms with Gasteiger partial charge in [-0.2, -0.15) is 0 Å². The van der Waals surface area contributed by atoms with E-state index in [2.05, 4.69) is 0 Å². The first kappa shape index (κ1) is 14.8. The summed E-state index contributed by atoms with van der Waals surface area (Å²) in [5, 5.41) is 9.06. The van der Waals surface area contributed by atoms with Gasteiger partial charge in [0.25, 0.3) is 5.56 Å². The molecule has 0 aliphatic rings. The van der Waals surface area contributed by atoms with Crippen LogP contribution in [-0.4, -0.2) is 22.8 Å². The molecule has 110 valence electrons. The molecule has 0 saturated carbocycles. The Morgan fingerprint density at radius 3 is 2.38 bits per heavy atom. The van der Waals surface area contributed by atoms with Gasteiger partial charge in [0.1, 0.15) is 11.3 Å². The van der Waals surface area contributed by atoms with Crippen molar-refractivity contribution in [1.29, 1.82) is 0 Å². The van der Waals surface area contributed by atoms with Gasteiger partial charge in [0.05, 0.1) is 12.8 Å². The highest BCUT2D eigenvalue weighted by atomic mass is 16.5. The minimum atomic E-state index is -1.20. The second kappa shape index (κ2) is 6.26. The lowest BCUT2D eigenvalue weighted by molar-refractivity contribution is 0.0694. The fourth-order valence-electron chi connectivity index (χ4n) is 2.20. The monoisotopic (exact) mass is 287 g/mol. The summed E-state index contributed by atoms with van der Waals surface area (Å²) < 4.78 is 6.62. The molecule has 1 aromatic carbocycles. The Labute approximate surface area is 122 Å². The van der Waals surface area contributed by atoms with Gasteiger partial charge < -0.3 is 14.4 Å². The van der Waals surface area contributed by atoms with Crippen molar-refractivity contribution < 1.29 is 14.6 Å². The highest BCUT2D eigenvalue weighted by molar-refractivity contribution is 5.87. The fourth-order valence-corrected chi connectivity index (χ4v) is 2.20. The lowest BCUT2D eigenvalue weighted by atomic mass is 10.1. The largest absolute Gasteiger partial charge is 0.497 e. The Hall–Kier alpha value is -2.56. The predicted molar refractivity (Wildman–Crippen MR) is 79.9 cm³/mol. The highest BCUT2D eigenvalue weighted by Crippen LogP contribution is 2.22. The second-order valence-electron chi connectivity index (χ2n) is 4.62. The van der Waals surface area contributed by atoms with Crippen LogP contribution in [0, 0.1) is 0 Å². The Bertz CT molecular complexity index is 701. The van der Waals surface area contributed by atoms with Crippen LogP contribution in [0.25, 0.3) is 11.3 Å². The van der Waals surface area contributed by atoms with Crippen molar-refractivity contribution in [3.05, 3.63) is 52.3 Å². The van der Waals surface area contributed by atoms with Crippen LogP contribution in [-0.2, 0) is 6.54 Å². The van der Waals surface area contributed by atoms with Gasteiger partial charge in [-0.1, -0.05) is 6.92 Å². The van der Waals surface area contributed by atoms with Gasteiger partial charge in [-0.15, -0.1) is 0 Å². The topological polar surface area (TPSA) is 68.5 Å². The number of pyridine rings is 1. The van der Waals surface area contributed by atoms with E-state index in [1.165, 1.54) is 10.6 Å². The Morgan fingerprint density at radius 2 is 1.86 bits per heavy atom. The first-order valence-electron chi connectivity index (χ1n) is 6.70. The third kappa shape index (κ3) is 2.97. The van der Waals surface area contributed by atoms with E-state index in [1.54, 1.807) is 25.3 Å². The smallest absolute Gasteiger partial charge is 0.341 e. The van der Waals surface area contributed by atoms with Crippen LogP contribution in [0.15, 0.2) is 41.2 Å². The van der Waals surface area contributed by atoms with E-state index in [1.807, 2.05) is 19.1 Å². The maximum absolute atomic E-state index is 12.3. The van der Waals surface area contributed by atoms with Crippen molar-refractivity contribution in [2.45, 2.75) is 19.9 Å². The minimum absolute atomic E-state index is 0.208. The summed E-state index contributed by atoms with van der Waals surface area (Å²) in [6, 6.07) is 10.3. The van der Waals surface area contributed by atoms with Gasteiger partial charge in [0, 0.05) is 6.54 Å². The number of hydrogen-bond acceptors (Lipinski definition) is 3. The maximum atomic E-state index is 12.3. The number of carbonyl (C=O) groups is 1. The van der Waals surface area contributed by atoms with Crippen molar-refractivity contribution >= 4 is 5.97 Å². The number of aromatic carboxylic acids is 1. The predicted octanol–water partition coefficient (Wildman–Crippen LogP) is 2.63. The fraction of sp³-hybridized carbons (Fsp3) is 0.250. The summed E-state index contributed by atoms with van der Waals surface area (Å²) in [4.78, 5) is 23.4. The summed E-state index contributed by atoms with van der Waals surface area (Å²) in [5.41, 5.74) is 0.867. The molecule has 0 unspecified atom stereocenters. The van der Waals surface area contributed by atoms with E-state index in [9.17, 15) is 9.59 Å².